The number of nitrogens with one attached hydrogen (secondary N) is 2. The van der Waals surface area contributed by atoms with Gasteiger partial charge in [0.2, 0.25) is 5.91 Å². The second kappa shape index (κ2) is 10.0. The SMILES string of the molecule is CC(=O)NC(N)=NCCC[C@H](NC(=O)c1ccc(CN)cc1)C(=O)O. The van der Waals surface area contributed by atoms with Crippen LogP contribution < -0.4 is 22.1 Å². The molecule has 9 heteroatoms. The summed E-state index contributed by atoms with van der Waals surface area (Å²) in [5, 5.41) is 14.0. The Morgan fingerprint density at radius 2 is 1.88 bits per heavy atom. The Morgan fingerprint density at radius 1 is 1.24 bits per heavy atom. The van der Waals surface area contributed by atoms with Crippen LogP contribution in [0.1, 0.15) is 35.7 Å². The zero-order valence-corrected chi connectivity index (χ0v) is 14.0. The first-order valence-corrected chi connectivity index (χ1v) is 7.73. The van der Waals surface area contributed by atoms with E-state index in [1.807, 2.05) is 0 Å². The number of carbonyl (C=O) groups is 3. The van der Waals surface area contributed by atoms with Gasteiger partial charge < -0.3 is 21.9 Å². The van der Waals surface area contributed by atoms with Crippen LogP contribution in [0.15, 0.2) is 29.3 Å². The van der Waals surface area contributed by atoms with Gasteiger partial charge in [0, 0.05) is 25.6 Å². The van der Waals surface area contributed by atoms with Crippen LogP contribution in [0, 0.1) is 0 Å². The molecular formula is C16H23N5O4. The first-order valence-electron chi connectivity index (χ1n) is 7.73. The van der Waals surface area contributed by atoms with Gasteiger partial charge in [-0.05, 0) is 30.5 Å². The minimum atomic E-state index is -1.13. The van der Waals surface area contributed by atoms with Crippen molar-refractivity contribution in [1.82, 2.24) is 10.6 Å². The van der Waals surface area contributed by atoms with Crippen molar-refractivity contribution in [3.63, 3.8) is 0 Å². The molecule has 0 radical (unpaired) electrons. The Balaban J connectivity index is 2.54. The van der Waals surface area contributed by atoms with Crippen molar-refractivity contribution in [3.8, 4) is 0 Å². The van der Waals surface area contributed by atoms with Crippen molar-refractivity contribution in [3.05, 3.63) is 35.4 Å². The fraction of sp³-hybridized carbons (Fsp3) is 0.375. The van der Waals surface area contributed by atoms with E-state index in [-0.39, 0.29) is 24.8 Å². The third-order valence-electron chi connectivity index (χ3n) is 3.29. The molecule has 7 N–H and O–H groups in total. The van der Waals surface area contributed by atoms with Crippen molar-refractivity contribution in [2.24, 2.45) is 16.5 Å². The lowest BCUT2D eigenvalue weighted by Gasteiger charge is -2.14. The molecule has 1 aromatic carbocycles. The summed E-state index contributed by atoms with van der Waals surface area (Å²) < 4.78 is 0. The van der Waals surface area contributed by atoms with Crippen molar-refractivity contribution >= 4 is 23.7 Å². The molecule has 0 saturated carbocycles. The summed E-state index contributed by atoms with van der Waals surface area (Å²) in [5.41, 5.74) is 12.2. The third-order valence-corrected chi connectivity index (χ3v) is 3.29. The maximum atomic E-state index is 12.1. The molecule has 1 atom stereocenters. The average molecular weight is 349 g/mol. The number of guanidine groups is 1. The van der Waals surface area contributed by atoms with E-state index in [4.69, 9.17) is 11.5 Å². The molecule has 0 spiro atoms. The van der Waals surface area contributed by atoms with Gasteiger partial charge in [0.05, 0.1) is 0 Å². The van der Waals surface area contributed by atoms with Crippen LogP contribution in [0.2, 0.25) is 0 Å². The monoisotopic (exact) mass is 349 g/mol. The molecule has 9 nitrogen and oxygen atoms in total. The molecule has 0 aliphatic heterocycles. The summed E-state index contributed by atoms with van der Waals surface area (Å²) in [6, 6.07) is 5.57. The molecule has 25 heavy (non-hydrogen) atoms. The van der Waals surface area contributed by atoms with Crippen molar-refractivity contribution in [2.75, 3.05) is 6.54 Å². The smallest absolute Gasteiger partial charge is 0.326 e. The molecular weight excluding hydrogens is 326 g/mol. The van der Waals surface area contributed by atoms with Crippen LogP contribution in [0.5, 0.6) is 0 Å². The van der Waals surface area contributed by atoms with E-state index in [1.54, 1.807) is 24.3 Å². The number of hydrogen-bond acceptors (Lipinski definition) is 5. The van der Waals surface area contributed by atoms with Crippen LogP contribution in [-0.4, -0.2) is 41.4 Å². The molecule has 1 rings (SSSR count). The molecule has 0 unspecified atom stereocenters. The average Bonchev–Trinajstić information content (AvgIpc) is 2.56. The normalized spacial score (nSPS) is 12.3. The number of carboxylic acids is 1. The topological polar surface area (TPSA) is 160 Å². The van der Waals surface area contributed by atoms with Gasteiger partial charge in [0.1, 0.15) is 6.04 Å². The summed E-state index contributed by atoms with van der Waals surface area (Å²) in [7, 11) is 0. The van der Waals surface area contributed by atoms with Gasteiger partial charge in [-0.2, -0.15) is 0 Å². The van der Waals surface area contributed by atoms with Gasteiger partial charge in [-0.25, -0.2) is 4.79 Å². The predicted octanol–water partition coefficient (Wildman–Crippen LogP) is -0.441. The van der Waals surface area contributed by atoms with E-state index >= 15 is 0 Å². The summed E-state index contributed by atoms with van der Waals surface area (Å²) >= 11 is 0. The highest BCUT2D eigenvalue weighted by Gasteiger charge is 2.20. The Labute approximate surface area is 145 Å². The molecule has 0 fully saturated rings. The molecule has 136 valence electrons. The molecule has 1 aromatic rings. The largest absolute Gasteiger partial charge is 0.480 e. The zero-order valence-electron chi connectivity index (χ0n) is 14.0. The second-order valence-electron chi connectivity index (χ2n) is 5.36. The van der Waals surface area contributed by atoms with Crippen LogP contribution >= 0.6 is 0 Å². The Bertz CT molecular complexity index is 642. The Kier molecular flexibility index (Phi) is 8.07. The molecule has 0 saturated heterocycles. The van der Waals surface area contributed by atoms with Gasteiger partial charge in [-0.1, -0.05) is 12.1 Å². The second-order valence-corrected chi connectivity index (χ2v) is 5.36. The van der Waals surface area contributed by atoms with Crippen molar-refractivity contribution in [2.45, 2.75) is 32.4 Å². The standard InChI is InChI=1S/C16H23N5O4/c1-10(22)20-16(18)19-8-2-3-13(15(24)25)21-14(23)12-6-4-11(9-17)5-7-12/h4-7,13H,2-3,8-9,17H2,1H3,(H,21,23)(H,24,25)(H3,18,19,20,22)/t13-/m0/s1. The first kappa shape index (κ1) is 20.1. The maximum absolute atomic E-state index is 12.1. The van der Waals surface area contributed by atoms with E-state index in [2.05, 4.69) is 15.6 Å². The van der Waals surface area contributed by atoms with Gasteiger partial charge in [0.25, 0.3) is 5.91 Å². The highest BCUT2D eigenvalue weighted by atomic mass is 16.4. The number of benzene rings is 1. The summed E-state index contributed by atoms with van der Waals surface area (Å²) in [6.45, 7) is 1.90. The van der Waals surface area contributed by atoms with Gasteiger partial charge in [-0.15, -0.1) is 0 Å². The Hall–Kier alpha value is -2.94. The molecule has 0 heterocycles. The fourth-order valence-corrected chi connectivity index (χ4v) is 2.01. The van der Waals surface area contributed by atoms with Gasteiger partial charge >= 0.3 is 5.97 Å². The number of carboxylic acid groups (broad SMARTS) is 1. The lowest BCUT2D eigenvalue weighted by Crippen LogP contribution is -2.41. The van der Waals surface area contributed by atoms with Gasteiger partial charge in [0.15, 0.2) is 5.96 Å². The summed E-state index contributed by atoms with van der Waals surface area (Å²) in [6.07, 6.45) is 0.558. The summed E-state index contributed by atoms with van der Waals surface area (Å²) in [5.74, 6) is -1.97. The van der Waals surface area contributed by atoms with Crippen LogP contribution in [0.3, 0.4) is 0 Å². The number of carbonyl (C=O) groups excluding carboxylic acids is 2. The zero-order chi connectivity index (χ0) is 18.8. The lowest BCUT2D eigenvalue weighted by molar-refractivity contribution is -0.139. The Morgan fingerprint density at radius 3 is 2.40 bits per heavy atom. The third kappa shape index (κ3) is 7.44. The fourth-order valence-electron chi connectivity index (χ4n) is 2.01. The quantitative estimate of drug-likeness (QED) is 0.243. The van der Waals surface area contributed by atoms with E-state index in [0.29, 0.717) is 18.5 Å². The molecule has 0 aliphatic carbocycles. The van der Waals surface area contributed by atoms with E-state index in [1.165, 1.54) is 6.92 Å². The van der Waals surface area contributed by atoms with Crippen LogP contribution in [0.25, 0.3) is 0 Å². The number of aliphatic imine (C=N–C) groups is 1. The van der Waals surface area contributed by atoms with Crippen molar-refractivity contribution in [1.29, 1.82) is 0 Å². The lowest BCUT2D eigenvalue weighted by atomic mass is 10.1. The number of nitrogens with zero attached hydrogens (tertiary/aromatic N) is 1. The minimum absolute atomic E-state index is 0.0246. The molecule has 0 bridgehead atoms. The highest BCUT2D eigenvalue weighted by molar-refractivity contribution is 5.96. The van der Waals surface area contributed by atoms with Gasteiger partial charge in [-0.3, -0.25) is 19.9 Å². The van der Waals surface area contributed by atoms with Crippen LogP contribution in [0.4, 0.5) is 0 Å². The number of rotatable bonds is 8. The van der Waals surface area contributed by atoms with Crippen molar-refractivity contribution < 1.29 is 19.5 Å². The van der Waals surface area contributed by atoms with E-state index in [9.17, 15) is 19.5 Å². The van der Waals surface area contributed by atoms with E-state index in [0.717, 1.165) is 5.56 Å². The predicted molar refractivity (Wildman–Crippen MR) is 92.8 cm³/mol. The van der Waals surface area contributed by atoms with Crippen LogP contribution in [-0.2, 0) is 16.1 Å². The maximum Gasteiger partial charge on any atom is 0.326 e. The molecule has 0 aliphatic rings. The molecule has 0 aromatic heterocycles. The molecule has 2 amide bonds. The first-order chi connectivity index (χ1) is 11.8. The minimum Gasteiger partial charge on any atom is -0.480 e. The number of hydrogen-bond donors (Lipinski definition) is 5. The number of amides is 2. The number of aliphatic carboxylic acids is 1. The summed E-state index contributed by atoms with van der Waals surface area (Å²) in [4.78, 5) is 38.1. The highest BCUT2D eigenvalue weighted by Crippen LogP contribution is 2.06. The van der Waals surface area contributed by atoms with E-state index < -0.39 is 17.9 Å². The number of nitrogens with two attached hydrogens (primary N) is 2.